The molecule has 2 aromatic heterocycles. The maximum atomic E-state index is 16.8. The van der Waals surface area contributed by atoms with Crippen LogP contribution in [0.15, 0.2) is 36.5 Å². The molecular formula is C33H37F2N3O5. The summed E-state index contributed by atoms with van der Waals surface area (Å²) < 4.78 is 48.7. The largest absolute Gasteiger partial charge is 0.477 e. The Morgan fingerprint density at radius 2 is 1.91 bits per heavy atom. The first-order valence-electron chi connectivity index (χ1n) is 14.7. The summed E-state index contributed by atoms with van der Waals surface area (Å²) in [6.45, 7) is 4.94. The number of benzene rings is 2. The summed E-state index contributed by atoms with van der Waals surface area (Å²) in [6, 6.07) is 8.23. The minimum absolute atomic E-state index is 0.00966. The highest BCUT2D eigenvalue weighted by molar-refractivity contribution is 6.02. The fourth-order valence-corrected chi connectivity index (χ4v) is 6.04. The maximum absolute atomic E-state index is 16.8. The molecule has 2 aliphatic rings. The van der Waals surface area contributed by atoms with Gasteiger partial charge in [-0.3, -0.25) is 4.98 Å². The van der Waals surface area contributed by atoms with Crippen LogP contribution < -0.4 is 14.4 Å². The van der Waals surface area contributed by atoms with Crippen LogP contribution in [0, 0.1) is 17.0 Å². The number of aliphatic hydroxyl groups excluding tert-OH is 1. The molecular weight excluding hydrogens is 556 g/mol. The van der Waals surface area contributed by atoms with Crippen LogP contribution in [0.3, 0.4) is 0 Å². The average molecular weight is 594 g/mol. The van der Waals surface area contributed by atoms with Gasteiger partial charge in [0.25, 0.3) is 0 Å². The van der Waals surface area contributed by atoms with Crippen LogP contribution >= 0.6 is 0 Å². The van der Waals surface area contributed by atoms with E-state index in [1.807, 2.05) is 11.8 Å². The third kappa shape index (κ3) is 5.71. The zero-order valence-electron chi connectivity index (χ0n) is 24.8. The smallest absolute Gasteiger partial charge is 0.216 e. The van der Waals surface area contributed by atoms with Crippen molar-refractivity contribution < 1.29 is 33.2 Å². The van der Waals surface area contributed by atoms with E-state index in [4.69, 9.17) is 14.2 Å². The van der Waals surface area contributed by atoms with Crippen molar-refractivity contribution in [3.8, 4) is 22.9 Å². The Bertz CT molecular complexity index is 1670. The molecule has 0 amide bonds. The highest BCUT2D eigenvalue weighted by Gasteiger charge is 2.43. The summed E-state index contributed by atoms with van der Waals surface area (Å²) in [6.07, 6.45) is 5.11. The van der Waals surface area contributed by atoms with Crippen molar-refractivity contribution in [1.29, 1.82) is 0 Å². The van der Waals surface area contributed by atoms with E-state index in [0.29, 0.717) is 64.7 Å². The molecule has 43 heavy (non-hydrogen) atoms. The van der Waals surface area contributed by atoms with Crippen LogP contribution in [0.5, 0.6) is 11.6 Å². The van der Waals surface area contributed by atoms with Crippen molar-refractivity contribution >= 4 is 27.4 Å². The van der Waals surface area contributed by atoms with Gasteiger partial charge in [-0.05, 0) is 73.6 Å². The molecule has 6 rings (SSSR count). The molecule has 1 aliphatic heterocycles. The van der Waals surface area contributed by atoms with Crippen molar-refractivity contribution in [2.75, 3.05) is 45.1 Å². The van der Waals surface area contributed by atoms with Gasteiger partial charge in [0.1, 0.15) is 22.8 Å². The second kappa shape index (κ2) is 11.5. The Balaban J connectivity index is 1.55. The monoisotopic (exact) mass is 593 g/mol. The summed E-state index contributed by atoms with van der Waals surface area (Å²) in [4.78, 5) is 11.2. The van der Waals surface area contributed by atoms with Crippen LogP contribution in [-0.2, 0) is 11.2 Å². The van der Waals surface area contributed by atoms with E-state index in [-0.39, 0.29) is 48.3 Å². The number of methoxy groups -OCH3 is 1. The van der Waals surface area contributed by atoms with Gasteiger partial charge in [-0.25, -0.2) is 13.8 Å². The number of ether oxygens (including phenoxy) is 3. The average Bonchev–Trinajstić information content (AvgIpc) is 3.79. The number of pyridine rings is 2. The molecule has 8 nitrogen and oxygen atoms in total. The van der Waals surface area contributed by atoms with Crippen LogP contribution in [0.2, 0.25) is 0 Å². The Morgan fingerprint density at radius 3 is 2.60 bits per heavy atom. The molecule has 1 aliphatic carbocycles. The van der Waals surface area contributed by atoms with Gasteiger partial charge in [0, 0.05) is 48.8 Å². The second-order valence-electron chi connectivity index (χ2n) is 12.1. The van der Waals surface area contributed by atoms with Crippen molar-refractivity contribution in [2.45, 2.75) is 51.6 Å². The molecule has 0 radical (unpaired) electrons. The van der Waals surface area contributed by atoms with Gasteiger partial charge >= 0.3 is 0 Å². The van der Waals surface area contributed by atoms with Crippen molar-refractivity contribution in [1.82, 2.24) is 9.97 Å². The van der Waals surface area contributed by atoms with E-state index in [1.54, 1.807) is 37.4 Å². The van der Waals surface area contributed by atoms with E-state index >= 15 is 8.78 Å². The fraction of sp³-hybridized carbons (Fsp3) is 0.455. The first kappa shape index (κ1) is 29.5. The lowest BCUT2D eigenvalue weighted by molar-refractivity contribution is 0.0449. The summed E-state index contributed by atoms with van der Waals surface area (Å²) in [7, 11) is 1.51. The van der Waals surface area contributed by atoms with Gasteiger partial charge in [-0.2, -0.15) is 0 Å². The van der Waals surface area contributed by atoms with Gasteiger partial charge in [0.05, 0.1) is 24.5 Å². The maximum Gasteiger partial charge on any atom is 0.216 e. The van der Waals surface area contributed by atoms with Crippen LogP contribution in [0.1, 0.15) is 45.1 Å². The van der Waals surface area contributed by atoms with Gasteiger partial charge in [-0.15, -0.1) is 0 Å². The van der Waals surface area contributed by atoms with Gasteiger partial charge < -0.3 is 29.3 Å². The molecule has 10 heteroatoms. The number of aryl methyl sites for hydroxylation is 1. The van der Waals surface area contributed by atoms with E-state index in [2.05, 4.69) is 9.97 Å². The number of aliphatic hydroxyl groups is 2. The topological polar surface area (TPSA) is 97.2 Å². The van der Waals surface area contributed by atoms with Crippen LogP contribution in [0.4, 0.5) is 14.5 Å². The van der Waals surface area contributed by atoms with Crippen LogP contribution in [-0.4, -0.2) is 66.0 Å². The van der Waals surface area contributed by atoms with E-state index in [0.717, 1.165) is 19.3 Å². The summed E-state index contributed by atoms with van der Waals surface area (Å²) in [5, 5.41) is 22.4. The molecule has 0 bridgehead atoms. The summed E-state index contributed by atoms with van der Waals surface area (Å²) in [5.74, 6) is -0.396. The first-order valence-corrected chi connectivity index (χ1v) is 14.7. The molecule has 0 unspecified atom stereocenters. The third-order valence-corrected chi connectivity index (χ3v) is 8.68. The Morgan fingerprint density at radius 1 is 1.09 bits per heavy atom. The highest BCUT2D eigenvalue weighted by Crippen LogP contribution is 2.46. The quantitative estimate of drug-likeness (QED) is 0.224. The lowest BCUT2D eigenvalue weighted by atomic mass is 9.93. The molecule has 3 heterocycles. The number of piperidine rings is 1. The molecule has 1 saturated carbocycles. The lowest BCUT2D eigenvalue weighted by Gasteiger charge is -2.38. The van der Waals surface area contributed by atoms with E-state index in [1.165, 1.54) is 13.2 Å². The number of fused-ring (bicyclic) bond motifs is 2. The third-order valence-electron chi connectivity index (χ3n) is 8.68. The van der Waals surface area contributed by atoms with Crippen molar-refractivity contribution in [2.24, 2.45) is 5.41 Å². The molecule has 2 fully saturated rings. The molecule has 4 aromatic rings. The standard InChI is InChI=1S/C33H37F2N3O5/c1-4-22-25(34)7-6-20-12-21(43-19-41-3)13-23(28(20)22)30-29(35)31-24(15-36-30)26(38-11-5-8-32(2,40)16-38)14-27(37-31)42-18-33(17-39)9-10-33/h6-7,12-15,39-40H,4-5,8-11,16-19H2,1-3H3/t32-/m1/s1. The zero-order chi connectivity index (χ0) is 30.4. The predicted molar refractivity (Wildman–Crippen MR) is 161 cm³/mol. The number of hydrogen-bond donors (Lipinski definition) is 2. The van der Waals surface area contributed by atoms with Gasteiger partial charge in [0.2, 0.25) is 5.88 Å². The van der Waals surface area contributed by atoms with Crippen LogP contribution in [0.25, 0.3) is 32.9 Å². The second-order valence-corrected chi connectivity index (χ2v) is 12.1. The molecule has 1 saturated heterocycles. The fourth-order valence-electron chi connectivity index (χ4n) is 6.04. The minimum atomic E-state index is -0.905. The number of halogens is 2. The molecule has 2 N–H and O–H groups in total. The van der Waals surface area contributed by atoms with Gasteiger partial charge in [0.15, 0.2) is 12.6 Å². The SMILES string of the molecule is CCc1c(F)ccc2cc(OCOC)cc(-c3ncc4c(N5CCC[C@@](C)(O)C5)cc(OCC5(CO)CC5)nc4c3F)c12. The first-order chi connectivity index (χ1) is 20.7. The minimum Gasteiger partial charge on any atom is -0.477 e. The summed E-state index contributed by atoms with van der Waals surface area (Å²) in [5.41, 5.74) is 0.361. The number of rotatable bonds is 10. The van der Waals surface area contributed by atoms with Crippen molar-refractivity contribution in [3.63, 3.8) is 0 Å². The highest BCUT2D eigenvalue weighted by atomic mass is 19.1. The van der Waals surface area contributed by atoms with E-state index < -0.39 is 11.4 Å². The lowest BCUT2D eigenvalue weighted by Crippen LogP contribution is -2.46. The number of anilines is 1. The molecule has 228 valence electrons. The Kier molecular flexibility index (Phi) is 7.87. The summed E-state index contributed by atoms with van der Waals surface area (Å²) >= 11 is 0. The zero-order valence-corrected chi connectivity index (χ0v) is 24.8. The Hall–Kier alpha value is -3.60. The normalized spacial score (nSPS) is 19.7. The number of hydrogen-bond acceptors (Lipinski definition) is 8. The van der Waals surface area contributed by atoms with Crippen molar-refractivity contribution in [3.05, 3.63) is 53.7 Å². The number of aromatic nitrogens is 2. The number of nitrogens with zero attached hydrogens (tertiary/aromatic N) is 3. The van der Waals surface area contributed by atoms with Gasteiger partial charge in [-0.1, -0.05) is 13.0 Å². The predicted octanol–water partition coefficient (Wildman–Crippen LogP) is 5.78. The molecule has 2 aromatic carbocycles. The number of β-amino-alcohol motifs (C(OH)–C–C–N with tert-alkyl or cyclic N) is 1. The molecule has 1 atom stereocenters. The Labute approximate surface area is 249 Å². The van der Waals surface area contributed by atoms with E-state index in [9.17, 15) is 10.2 Å². The molecule has 0 spiro atoms.